The van der Waals surface area contributed by atoms with Gasteiger partial charge >= 0.3 is 0 Å². The van der Waals surface area contributed by atoms with E-state index in [2.05, 4.69) is 53.4 Å². The third-order valence-corrected chi connectivity index (χ3v) is 7.93. The molecule has 0 N–H and O–H groups in total. The minimum Gasteiger partial charge on any atom is -0.407 e. The van der Waals surface area contributed by atoms with Crippen LogP contribution in [0.3, 0.4) is 0 Å². The van der Waals surface area contributed by atoms with E-state index in [4.69, 9.17) is 16.0 Å². The van der Waals surface area contributed by atoms with Crippen LogP contribution in [0.2, 0.25) is 19.6 Å². The zero-order valence-electron chi connectivity index (χ0n) is 14.7. The van der Waals surface area contributed by atoms with Crippen LogP contribution in [0.5, 0.6) is 0 Å². The molecule has 0 spiro atoms. The molecule has 0 saturated heterocycles. The Balaban J connectivity index is 1.98. The molecular formula is C18H31ClOSi. The molecule has 0 bridgehead atoms. The van der Waals surface area contributed by atoms with Crippen molar-refractivity contribution in [3.05, 3.63) is 11.6 Å². The minimum absolute atomic E-state index is 0.167. The molecule has 3 aliphatic carbocycles. The van der Waals surface area contributed by atoms with Gasteiger partial charge in [-0.05, 0) is 63.1 Å². The number of hydrogen-bond acceptors (Lipinski definition) is 1. The van der Waals surface area contributed by atoms with Crippen LogP contribution in [0.4, 0.5) is 0 Å². The van der Waals surface area contributed by atoms with E-state index in [-0.39, 0.29) is 10.5 Å². The first-order valence-corrected chi connectivity index (χ1v) is 12.3. The summed E-state index contributed by atoms with van der Waals surface area (Å²) in [5, 5.41) is 0. The zero-order chi connectivity index (χ0) is 15.8. The molecule has 5 atom stereocenters. The highest BCUT2D eigenvalue weighted by Crippen LogP contribution is 2.73. The summed E-state index contributed by atoms with van der Waals surface area (Å²) < 4.78 is 6.63. The van der Waals surface area contributed by atoms with E-state index in [0.29, 0.717) is 11.3 Å². The van der Waals surface area contributed by atoms with Crippen molar-refractivity contribution >= 4 is 19.9 Å². The SMILES string of the molecule is CC(C)[C@H]1CCC2=CC3(O[Si](C)(C)C)C(C[C@@]21C)C3(C)Cl. The second-order valence-electron chi connectivity index (χ2n) is 9.32. The summed E-state index contributed by atoms with van der Waals surface area (Å²) in [7, 11) is -1.60. The summed E-state index contributed by atoms with van der Waals surface area (Å²) in [4.78, 5) is -0.199. The largest absolute Gasteiger partial charge is 0.407 e. The van der Waals surface area contributed by atoms with Gasteiger partial charge in [0.05, 0.1) is 10.5 Å². The lowest BCUT2D eigenvalue weighted by atomic mass is 9.66. The molecule has 0 amide bonds. The Hall–Kier alpha value is 0.207. The molecule has 3 heteroatoms. The summed E-state index contributed by atoms with van der Waals surface area (Å²) in [5.41, 5.74) is 1.83. The van der Waals surface area contributed by atoms with Crippen molar-refractivity contribution in [1.29, 1.82) is 0 Å². The monoisotopic (exact) mass is 326 g/mol. The van der Waals surface area contributed by atoms with E-state index in [1.54, 1.807) is 5.57 Å². The first kappa shape index (κ1) is 16.1. The van der Waals surface area contributed by atoms with Crippen molar-refractivity contribution in [2.45, 2.75) is 77.1 Å². The van der Waals surface area contributed by atoms with Gasteiger partial charge in [-0.25, -0.2) is 0 Å². The van der Waals surface area contributed by atoms with Crippen molar-refractivity contribution in [1.82, 2.24) is 0 Å². The van der Waals surface area contributed by atoms with Crippen LogP contribution in [0.1, 0.15) is 47.0 Å². The molecule has 3 aliphatic rings. The lowest BCUT2D eigenvalue weighted by Crippen LogP contribution is -2.40. The number of halogens is 1. The van der Waals surface area contributed by atoms with Crippen LogP contribution < -0.4 is 0 Å². The second-order valence-corrected chi connectivity index (χ2v) is 14.5. The number of fused-ring (bicyclic) bond motifs is 2. The lowest BCUT2D eigenvalue weighted by molar-refractivity contribution is 0.130. The molecule has 0 aromatic heterocycles. The molecule has 2 saturated carbocycles. The molecule has 3 rings (SSSR count). The Labute approximate surface area is 136 Å². The van der Waals surface area contributed by atoms with Gasteiger partial charge in [-0.2, -0.15) is 0 Å². The highest BCUT2D eigenvalue weighted by atomic mass is 35.5. The highest BCUT2D eigenvalue weighted by Gasteiger charge is 2.77. The maximum atomic E-state index is 6.93. The maximum Gasteiger partial charge on any atom is 0.185 e. The molecule has 21 heavy (non-hydrogen) atoms. The number of rotatable bonds is 3. The molecule has 0 aromatic rings. The fourth-order valence-electron chi connectivity index (χ4n) is 5.38. The smallest absolute Gasteiger partial charge is 0.185 e. The lowest BCUT2D eigenvalue weighted by Gasteiger charge is -2.40. The average Bonchev–Trinajstić information content (AvgIpc) is 2.62. The maximum absolute atomic E-state index is 6.93. The van der Waals surface area contributed by atoms with Crippen molar-refractivity contribution < 1.29 is 4.43 Å². The van der Waals surface area contributed by atoms with Gasteiger partial charge in [0, 0.05) is 5.92 Å². The van der Waals surface area contributed by atoms with Gasteiger partial charge in [0.2, 0.25) is 0 Å². The van der Waals surface area contributed by atoms with Gasteiger partial charge in [-0.15, -0.1) is 11.6 Å². The van der Waals surface area contributed by atoms with E-state index >= 15 is 0 Å². The van der Waals surface area contributed by atoms with Crippen LogP contribution in [0.15, 0.2) is 11.6 Å². The highest BCUT2D eigenvalue weighted by molar-refractivity contribution is 6.70. The Morgan fingerprint density at radius 2 is 1.90 bits per heavy atom. The average molecular weight is 327 g/mol. The van der Waals surface area contributed by atoms with Gasteiger partial charge in [0.15, 0.2) is 8.32 Å². The van der Waals surface area contributed by atoms with Crippen molar-refractivity contribution in [3.63, 3.8) is 0 Å². The summed E-state index contributed by atoms with van der Waals surface area (Å²) in [6, 6.07) is 0. The van der Waals surface area contributed by atoms with Crippen molar-refractivity contribution in [3.8, 4) is 0 Å². The molecule has 0 radical (unpaired) electrons. The predicted molar refractivity (Wildman–Crippen MR) is 93.3 cm³/mol. The Morgan fingerprint density at radius 3 is 2.43 bits per heavy atom. The van der Waals surface area contributed by atoms with Crippen molar-refractivity contribution in [2.75, 3.05) is 0 Å². The predicted octanol–water partition coefficient (Wildman–Crippen LogP) is 5.61. The van der Waals surface area contributed by atoms with Gasteiger partial charge < -0.3 is 4.43 Å². The van der Waals surface area contributed by atoms with Gasteiger partial charge in [0.1, 0.15) is 0 Å². The third-order valence-electron chi connectivity index (χ3n) is 6.43. The van der Waals surface area contributed by atoms with Crippen LogP contribution in [-0.4, -0.2) is 18.8 Å². The normalized spacial score (nSPS) is 48.9. The standard InChI is InChI=1S/C18H31ClOSi/c1-12(2)14-9-8-13-10-18(20-21(5,6)7)15(17(18,4)19)11-16(13,14)3/h10,12,14-15H,8-9,11H2,1-7H3/t14-,15?,16+,17?,18?/m1/s1. The summed E-state index contributed by atoms with van der Waals surface area (Å²) in [6.07, 6.45) is 6.28. The molecule has 0 aliphatic heterocycles. The number of hydrogen-bond donors (Lipinski definition) is 0. The van der Waals surface area contributed by atoms with Gasteiger partial charge in [0.25, 0.3) is 0 Å². The summed E-state index contributed by atoms with van der Waals surface area (Å²) >= 11 is 6.93. The fraction of sp³-hybridized carbons (Fsp3) is 0.889. The summed E-state index contributed by atoms with van der Waals surface area (Å²) in [5.74, 6) is 2.06. The molecule has 3 unspecified atom stereocenters. The van der Waals surface area contributed by atoms with Gasteiger partial charge in [-0.1, -0.05) is 32.4 Å². The zero-order valence-corrected chi connectivity index (χ0v) is 16.5. The van der Waals surface area contributed by atoms with E-state index in [9.17, 15) is 0 Å². The molecular weight excluding hydrogens is 296 g/mol. The van der Waals surface area contributed by atoms with Crippen LogP contribution in [-0.2, 0) is 4.43 Å². The Bertz CT molecular complexity index is 490. The first-order chi connectivity index (χ1) is 9.44. The van der Waals surface area contributed by atoms with E-state index in [0.717, 1.165) is 11.8 Å². The Kier molecular flexibility index (Phi) is 3.36. The quantitative estimate of drug-likeness (QED) is 0.372. The van der Waals surface area contributed by atoms with E-state index < -0.39 is 8.32 Å². The number of alkyl halides is 1. The molecule has 0 aromatic carbocycles. The molecule has 120 valence electrons. The van der Waals surface area contributed by atoms with Crippen LogP contribution >= 0.6 is 11.6 Å². The minimum atomic E-state index is -1.60. The topological polar surface area (TPSA) is 9.23 Å². The fourth-order valence-corrected chi connectivity index (χ4v) is 7.28. The summed E-state index contributed by atoms with van der Waals surface area (Å²) in [6.45, 7) is 16.3. The molecule has 1 nitrogen and oxygen atoms in total. The van der Waals surface area contributed by atoms with E-state index in [1.807, 2.05) is 0 Å². The first-order valence-electron chi connectivity index (χ1n) is 8.55. The van der Waals surface area contributed by atoms with Crippen molar-refractivity contribution in [2.24, 2.45) is 23.2 Å². The van der Waals surface area contributed by atoms with Crippen LogP contribution in [0.25, 0.3) is 0 Å². The molecule has 2 fully saturated rings. The number of allylic oxidation sites excluding steroid dienone is 1. The van der Waals surface area contributed by atoms with E-state index in [1.165, 1.54) is 19.3 Å². The third kappa shape index (κ3) is 2.12. The second kappa shape index (κ2) is 4.39. The molecule has 0 heterocycles. The Morgan fingerprint density at radius 1 is 1.29 bits per heavy atom. The van der Waals surface area contributed by atoms with Crippen LogP contribution in [0, 0.1) is 23.2 Å². The van der Waals surface area contributed by atoms with Gasteiger partial charge in [-0.3, -0.25) is 0 Å².